The van der Waals surface area contributed by atoms with Crippen molar-refractivity contribution in [1.29, 1.82) is 0 Å². The van der Waals surface area contributed by atoms with Gasteiger partial charge in [-0.2, -0.15) is 0 Å². The molecule has 156 valence electrons. The molecule has 0 unspecified atom stereocenters. The maximum absolute atomic E-state index is 12.5. The third-order valence-corrected chi connectivity index (χ3v) is 4.70. The molecule has 1 heterocycles. The number of methoxy groups -OCH3 is 1. The van der Waals surface area contributed by atoms with Gasteiger partial charge in [0, 0.05) is 18.4 Å². The fraction of sp³-hybridized carbons (Fsp3) is 0.333. The van der Waals surface area contributed by atoms with Gasteiger partial charge in [-0.1, -0.05) is 41.5 Å². The van der Waals surface area contributed by atoms with Crippen LogP contribution in [0.3, 0.4) is 0 Å². The summed E-state index contributed by atoms with van der Waals surface area (Å²) in [5.74, 6) is -2.35. The van der Waals surface area contributed by atoms with Gasteiger partial charge in [0.25, 0.3) is 0 Å². The van der Waals surface area contributed by atoms with Crippen LogP contribution < -0.4 is 0 Å². The van der Waals surface area contributed by atoms with Gasteiger partial charge in [0.15, 0.2) is 5.79 Å². The highest BCUT2D eigenvalue weighted by Crippen LogP contribution is 2.34. The predicted octanol–water partition coefficient (Wildman–Crippen LogP) is 3.51. The van der Waals surface area contributed by atoms with Crippen LogP contribution in [0.5, 0.6) is 0 Å². The molecule has 0 saturated carbocycles. The molecule has 0 spiro atoms. The summed E-state index contributed by atoms with van der Waals surface area (Å²) >= 11 is 0. The Morgan fingerprint density at radius 2 is 1.70 bits per heavy atom. The minimum Gasteiger partial charge on any atom is -0.459 e. The quantitative estimate of drug-likeness (QED) is 0.284. The summed E-state index contributed by atoms with van der Waals surface area (Å²) in [7, 11) is 1.40. The Balaban J connectivity index is 1.73. The Morgan fingerprint density at radius 3 is 2.27 bits per heavy atom. The molecule has 0 bridgehead atoms. The van der Waals surface area contributed by atoms with Gasteiger partial charge in [0.05, 0.1) is 17.7 Å². The minimum absolute atomic E-state index is 0.120. The molecule has 3 atom stereocenters. The number of carbonyl (C=O) groups excluding carboxylic acids is 2. The van der Waals surface area contributed by atoms with Gasteiger partial charge in [-0.05, 0) is 29.8 Å². The average molecular weight is 411 g/mol. The van der Waals surface area contributed by atoms with E-state index in [9.17, 15) is 9.59 Å². The molecule has 0 amide bonds. The standard InChI is InChI=1S/C21H21N3O6/c1-27-21(14-23-24-22)12-17(29-20(26)16-10-6-3-7-11-16)18(30-21)13-28-19(25)15-8-4-2-5-9-15/h2-11,17-18H,12-14H2,1H3/t17-,18+,21+/m0/s1. The average Bonchev–Trinajstić information content (AvgIpc) is 3.15. The molecule has 9 heteroatoms. The van der Waals surface area contributed by atoms with Crippen LogP contribution in [-0.4, -0.2) is 50.2 Å². The first kappa shape index (κ1) is 21.3. The number of esters is 2. The molecule has 0 aromatic heterocycles. The van der Waals surface area contributed by atoms with E-state index in [1.807, 2.05) is 0 Å². The molecule has 30 heavy (non-hydrogen) atoms. The third-order valence-electron chi connectivity index (χ3n) is 4.70. The molecule has 1 aliphatic rings. The minimum atomic E-state index is -1.28. The molecule has 9 nitrogen and oxygen atoms in total. The van der Waals surface area contributed by atoms with E-state index in [1.165, 1.54) is 7.11 Å². The molecule has 0 aliphatic carbocycles. The molecule has 1 aliphatic heterocycles. The fourth-order valence-corrected chi connectivity index (χ4v) is 3.13. The van der Waals surface area contributed by atoms with Crippen LogP contribution in [0.25, 0.3) is 10.4 Å². The van der Waals surface area contributed by atoms with Gasteiger partial charge >= 0.3 is 11.9 Å². The number of hydrogen-bond donors (Lipinski definition) is 0. The number of ether oxygens (including phenoxy) is 4. The number of rotatable bonds is 8. The molecule has 1 fully saturated rings. The van der Waals surface area contributed by atoms with E-state index >= 15 is 0 Å². The van der Waals surface area contributed by atoms with Gasteiger partial charge in [0.2, 0.25) is 0 Å². The van der Waals surface area contributed by atoms with Gasteiger partial charge in [0.1, 0.15) is 18.8 Å². The van der Waals surface area contributed by atoms with Crippen LogP contribution in [-0.2, 0) is 18.9 Å². The summed E-state index contributed by atoms with van der Waals surface area (Å²) in [6.45, 7) is -0.287. The number of carbonyl (C=O) groups is 2. The Morgan fingerprint density at radius 1 is 1.10 bits per heavy atom. The molecule has 2 aromatic carbocycles. The van der Waals surface area contributed by atoms with Gasteiger partial charge in [-0.25, -0.2) is 9.59 Å². The molecule has 1 saturated heterocycles. The van der Waals surface area contributed by atoms with Crippen molar-refractivity contribution in [2.24, 2.45) is 5.11 Å². The summed E-state index contributed by atoms with van der Waals surface area (Å²) in [6, 6.07) is 17.0. The lowest BCUT2D eigenvalue weighted by Gasteiger charge is -2.25. The Labute approximate surface area is 173 Å². The van der Waals surface area contributed by atoms with Crippen molar-refractivity contribution in [3.8, 4) is 0 Å². The van der Waals surface area contributed by atoms with E-state index in [0.29, 0.717) is 11.1 Å². The van der Waals surface area contributed by atoms with Crippen molar-refractivity contribution in [1.82, 2.24) is 0 Å². The highest BCUT2D eigenvalue weighted by Gasteiger charge is 2.49. The van der Waals surface area contributed by atoms with Gasteiger partial charge < -0.3 is 18.9 Å². The van der Waals surface area contributed by atoms with E-state index in [0.717, 1.165) is 0 Å². The first-order valence-corrected chi connectivity index (χ1v) is 9.29. The first-order valence-electron chi connectivity index (χ1n) is 9.29. The van der Waals surface area contributed by atoms with Crippen LogP contribution >= 0.6 is 0 Å². The Hall–Kier alpha value is -3.39. The van der Waals surface area contributed by atoms with Crippen molar-refractivity contribution < 1.29 is 28.5 Å². The van der Waals surface area contributed by atoms with Crippen molar-refractivity contribution in [3.63, 3.8) is 0 Å². The van der Waals surface area contributed by atoms with Crippen LogP contribution in [0.4, 0.5) is 0 Å². The lowest BCUT2D eigenvalue weighted by molar-refractivity contribution is -0.209. The summed E-state index contributed by atoms with van der Waals surface area (Å²) < 4.78 is 22.3. The second kappa shape index (κ2) is 9.89. The number of benzene rings is 2. The molecule has 0 radical (unpaired) electrons. The number of hydrogen-bond acceptors (Lipinski definition) is 7. The first-order chi connectivity index (χ1) is 14.6. The lowest BCUT2D eigenvalue weighted by Crippen LogP contribution is -2.35. The monoisotopic (exact) mass is 411 g/mol. The zero-order valence-electron chi connectivity index (χ0n) is 16.3. The molecular weight excluding hydrogens is 390 g/mol. The highest BCUT2D eigenvalue weighted by molar-refractivity contribution is 5.90. The second-order valence-electron chi connectivity index (χ2n) is 6.64. The normalized spacial score (nSPS) is 22.7. The molecule has 0 N–H and O–H groups in total. The maximum Gasteiger partial charge on any atom is 0.338 e. The van der Waals surface area contributed by atoms with Crippen LogP contribution in [0, 0.1) is 0 Å². The summed E-state index contributed by atoms with van der Waals surface area (Å²) in [4.78, 5) is 27.5. The summed E-state index contributed by atoms with van der Waals surface area (Å²) in [5.41, 5.74) is 9.42. The van der Waals surface area contributed by atoms with Crippen molar-refractivity contribution in [2.75, 3.05) is 20.3 Å². The van der Waals surface area contributed by atoms with E-state index in [4.69, 9.17) is 24.5 Å². The zero-order chi connectivity index (χ0) is 21.4. The van der Waals surface area contributed by atoms with Crippen molar-refractivity contribution >= 4 is 11.9 Å². The van der Waals surface area contributed by atoms with Crippen molar-refractivity contribution in [3.05, 3.63) is 82.2 Å². The number of nitrogens with zero attached hydrogens (tertiary/aromatic N) is 3. The SMILES string of the molecule is CO[C@]1(CN=[N+]=[N-])C[C@H](OC(=O)c2ccccc2)[C@@H](COC(=O)c2ccccc2)O1. The third kappa shape index (κ3) is 5.15. The topological polar surface area (TPSA) is 120 Å². The maximum atomic E-state index is 12.5. The fourth-order valence-electron chi connectivity index (χ4n) is 3.13. The summed E-state index contributed by atoms with van der Waals surface area (Å²) in [6.07, 6.45) is -1.44. The Bertz CT molecular complexity index is 917. The molecule has 3 rings (SSSR count). The molecule has 2 aromatic rings. The van der Waals surface area contributed by atoms with Crippen LogP contribution in [0.2, 0.25) is 0 Å². The lowest BCUT2D eigenvalue weighted by atomic mass is 10.1. The van der Waals surface area contributed by atoms with E-state index in [2.05, 4.69) is 10.0 Å². The van der Waals surface area contributed by atoms with Gasteiger partial charge in [-0.15, -0.1) is 0 Å². The van der Waals surface area contributed by atoms with Crippen molar-refractivity contribution in [2.45, 2.75) is 24.4 Å². The van der Waals surface area contributed by atoms with Crippen LogP contribution in [0.1, 0.15) is 27.1 Å². The molecular formula is C21H21N3O6. The van der Waals surface area contributed by atoms with E-state index < -0.39 is 29.9 Å². The Kier molecular flexibility index (Phi) is 7.03. The van der Waals surface area contributed by atoms with Crippen LogP contribution in [0.15, 0.2) is 65.8 Å². The predicted molar refractivity (Wildman–Crippen MR) is 106 cm³/mol. The summed E-state index contributed by atoms with van der Waals surface area (Å²) in [5, 5.41) is 3.53. The highest BCUT2D eigenvalue weighted by atomic mass is 16.7. The second-order valence-corrected chi connectivity index (χ2v) is 6.64. The number of azide groups is 1. The zero-order valence-corrected chi connectivity index (χ0v) is 16.3. The smallest absolute Gasteiger partial charge is 0.338 e. The van der Waals surface area contributed by atoms with Gasteiger partial charge in [-0.3, -0.25) is 0 Å². The largest absolute Gasteiger partial charge is 0.459 e. The van der Waals surface area contributed by atoms with E-state index in [1.54, 1.807) is 60.7 Å². The van der Waals surface area contributed by atoms with E-state index in [-0.39, 0.29) is 19.6 Å².